The number of carboxylic acid groups (broad SMARTS) is 1. The lowest BCUT2D eigenvalue weighted by Crippen LogP contribution is -2.42. The van der Waals surface area contributed by atoms with Crippen molar-refractivity contribution in [3.8, 4) is 0 Å². The molecule has 7 nitrogen and oxygen atoms in total. The predicted molar refractivity (Wildman–Crippen MR) is 67.6 cm³/mol. The predicted octanol–water partition coefficient (Wildman–Crippen LogP) is 0.337. The Kier molecular flexibility index (Phi) is 6.01. The van der Waals surface area contributed by atoms with E-state index in [0.29, 0.717) is 12.1 Å². The molecule has 106 valence electrons. The van der Waals surface area contributed by atoms with Crippen LogP contribution in [-0.2, 0) is 20.7 Å². The number of aromatic amines is 1. The number of carbonyl (C=O) groups excluding carboxylic acids is 1. The van der Waals surface area contributed by atoms with E-state index in [9.17, 15) is 9.59 Å². The van der Waals surface area contributed by atoms with Crippen molar-refractivity contribution in [2.24, 2.45) is 0 Å². The number of H-pyrrole nitrogens is 1. The first-order valence-corrected chi connectivity index (χ1v) is 6.05. The number of ether oxygens (including phenoxy) is 1. The summed E-state index contributed by atoms with van der Waals surface area (Å²) >= 11 is 0. The zero-order chi connectivity index (χ0) is 14.3. The van der Waals surface area contributed by atoms with E-state index in [1.165, 1.54) is 12.5 Å². The molecule has 0 aliphatic heterocycles. The molecule has 0 fully saturated rings. The molecule has 0 radical (unpaired) electrons. The summed E-state index contributed by atoms with van der Waals surface area (Å²) in [5.41, 5.74) is 0.665. The van der Waals surface area contributed by atoms with Crippen LogP contribution < -0.4 is 5.32 Å². The topological polar surface area (TPSA) is 104 Å². The fourth-order valence-electron chi connectivity index (χ4n) is 1.54. The zero-order valence-electron chi connectivity index (χ0n) is 11.0. The third kappa shape index (κ3) is 5.52. The van der Waals surface area contributed by atoms with Gasteiger partial charge in [0.25, 0.3) is 0 Å². The number of hydrogen-bond donors (Lipinski definition) is 3. The number of aromatic nitrogens is 2. The van der Waals surface area contributed by atoms with Crippen LogP contribution in [0.4, 0.5) is 0 Å². The summed E-state index contributed by atoms with van der Waals surface area (Å²) in [6.45, 7) is 1.85. The monoisotopic (exact) mass is 269 g/mol. The Hall–Kier alpha value is -1.89. The summed E-state index contributed by atoms with van der Waals surface area (Å²) < 4.78 is 5.03. The maximum absolute atomic E-state index is 11.7. The first kappa shape index (κ1) is 15.2. The second-order valence-electron chi connectivity index (χ2n) is 4.32. The summed E-state index contributed by atoms with van der Waals surface area (Å²) in [6.07, 6.45) is 3.95. The van der Waals surface area contributed by atoms with E-state index >= 15 is 0 Å². The Morgan fingerprint density at radius 1 is 1.58 bits per heavy atom. The van der Waals surface area contributed by atoms with Crippen LogP contribution in [0.5, 0.6) is 0 Å². The molecule has 0 saturated heterocycles. The molecule has 1 rings (SSSR count). The van der Waals surface area contributed by atoms with Crippen LogP contribution >= 0.6 is 0 Å². The van der Waals surface area contributed by atoms with E-state index in [-0.39, 0.29) is 24.9 Å². The minimum atomic E-state index is -1.07. The highest BCUT2D eigenvalue weighted by Crippen LogP contribution is 2.03. The molecule has 0 spiro atoms. The van der Waals surface area contributed by atoms with Crippen LogP contribution in [0.2, 0.25) is 0 Å². The van der Waals surface area contributed by atoms with Crippen molar-refractivity contribution in [2.75, 3.05) is 7.11 Å². The van der Waals surface area contributed by atoms with Gasteiger partial charge in [0, 0.05) is 31.8 Å². The van der Waals surface area contributed by atoms with Gasteiger partial charge in [-0.05, 0) is 13.3 Å². The van der Waals surface area contributed by atoms with Crippen molar-refractivity contribution in [3.63, 3.8) is 0 Å². The summed E-state index contributed by atoms with van der Waals surface area (Å²) in [6, 6.07) is -0.953. The molecule has 19 heavy (non-hydrogen) atoms. The Bertz CT molecular complexity index is 405. The van der Waals surface area contributed by atoms with E-state index < -0.39 is 12.0 Å². The van der Waals surface area contributed by atoms with Crippen LogP contribution in [0.3, 0.4) is 0 Å². The molecule has 0 aromatic carbocycles. The van der Waals surface area contributed by atoms with Gasteiger partial charge in [0.15, 0.2) is 0 Å². The summed E-state index contributed by atoms with van der Waals surface area (Å²) in [5.74, 6) is -1.36. The second kappa shape index (κ2) is 7.52. The third-order valence-corrected chi connectivity index (χ3v) is 2.79. The van der Waals surface area contributed by atoms with Gasteiger partial charge in [-0.1, -0.05) is 0 Å². The zero-order valence-corrected chi connectivity index (χ0v) is 11.0. The van der Waals surface area contributed by atoms with Crippen molar-refractivity contribution in [2.45, 2.75) is 38.3 Å². The number of amides is 1. The first-order valence-electron chi connectivity index (χ1n) is 6.05. The second-order valence-corrected chi connectivity index (χ2v) is 4.32. The molecular formula is C12H19N3O4. The van der Waals surface area contributed by atoms with E-state index in [0.717, 1.165) is 0 Å². The normalized spacial score (nSPS) is 13.8. The number of hydrogen-bond acceptors (Lipinski definition) is 4. The molecule has 0 aliphatic rings. The molecule has 1 aromatic heterocycles. The molecule has 0 aliphatic carbocycles. The number of nitrogens with zero attached hydrogens (tertiary/aromatic N) is 1. The summed E-state index contributed by atoms with van der Waals surface area (Å²) in [4.78, 5) is 29.3. The summed E-state index contributed by atoms with van der Waals surface area (Å²) in [5, 5.41) is 11.6. The standard InChI is InChI=1S/C12H19N3O4/c1-8(19-2)3-4-11(16)15-10(12(17)18)5-9-6-13-7-14-9/h6-8,10H,3-5H2,1-2H3,(H,13,14)(H,15,16)(H,17,18)/t8?,10-/m0/s1. The molecule has 1 heterocycles. The van der Waals surface area contributed by atoms with Crippen molar-refractivity contribution >= 4 is 11.9 Å². The van der Waals surface area contributed by atoms with Crippen LogP contribution in [0.1, 0.15) is 25.5 Å². The van der Waals surface area contributed by atoms with Gasteiger partial charge in [-0.15, -0.1) is 0 Å². The van der Waals surface area contributed by atoms with Crippen LogP contribution in [0.25, 0.3) is 0 Å². The van der Waals surface area contributed by atoms with E-state index in [2.05, 4.69) is 15.3 Å². The van der Waals surface area contributed by atoms with Gasteiger partial charge in [0.05, 0.1) is 12.4 Å². The van der Waals surface area contributed by atoms with Gasteiger partial charge in [0.1, 0.15) is 6.04 Å². The summed E-state index contributed by atoms with van der Waals surface area (Å²) in [7, 11) is 1.57. The Morgan fingerprint density at radius 3 is 2.84 bits per heavy atom. The quantitative estimate of drug-likeness (QED) is 0.631. The number of carbonyl (C=O) groups is 2. The van der Waals surface area contributed by atoms with Crippen molar-refractivity contribution < 1.29 is 19.4 Å². The lowest BCUT2D eigenvalue weighted by atomic mass is 10.1. The van der Waals surface area contributed by atoms with Crippen molar-refractivity contribution in [3.05, 3.63) is 18.2 Å². The number of imidazole rings is 1. The SMILES string of the molecule is COC(C)CCC(=O)N[C@@H](Cc1cnc[nH]1)C(=O)O. The van der Waals surface area contributed by atoms with Crippen LogP contribution in [-0.4, -0.2) is 46.2 Å². The molecule has 1 unspecified atom stereocenters. The Labute approximate surface area is 111 Å². The molecule has 3 N–H and O–H groups in total. The van der Waals surface area contributed by atoms with E-state index in [1.807, 2.05) is 6.92 Å². The largest absolute Gasteiger partial charge is 0.480 e. The highest BCUT2D eigenvalue weighted by molar-refractivity contribution is 5.83. The molecule has 1 aromatic rings. The van der Waals surface area contributed by atoms with Gasteiger partial charge in [-0.25, -0.2) is 9.78 Å². The van der Waals surface area contributed by atoms with Gasteiger partial charge in [-0.3, -0.25) is 4.79 Å². The lowest BCUT2D eigenvalue weighted by Gasteiger charge is -2.14. The average molecular weight is 269 g/mol. The fourth-order valence-corrected chi connectivity index (χ4v) is 1.54. The first-order chi connectivity index (χ1) is 9.02. The van der Waals surface area contributed by atoms with Crippen molar-refractivity contribution in [1.82, 2.24) is 15.3 Å². The Balaban J connectivity index is 2.45. The van der Waals surface area contributed by atoms with Crippen LogP contribution in [0.15, 0.2) is 12.5 Å². The molecule has 2 atom stereocenters. The number of nitrogens with one attached hydrogen (secondary N) is 2. The maximum Gasteiger partial charge on any atom is 0.326 e. The highest BCUT2D eigenvalue weighted by Gasteiger charge is 2.21. The van der Waals surface area contributed by atoms with E-state index in [4.69, 9.17) is 9.84 Å². The van der Waals surface area contributed by atoms with Crippen LogP contribution in [0, 0.1) is 0 Å². The molecule has 7 heteroatoms. The minimum Gasteiger partial charge on any atom is -0.480 e. The smallest absolute Gasteiger partial charge is 0.326 e. The molecule has 1 amide bonds. The lowest BCUT2D eigenvalue weighted by molar-refractivity contribution is -0.141. The molecular weight excluding hydrogens is 250 g/mol. The highest BCUT2D eigenvalue weighted by atomic mass is 16.5. The van der Waals surface area contributed by atoms with Crippen molar-refractivity contribution in [1.29, 1.82) is 0 Å². The maximum atomic E-state index is 11.7. The van der Waals surface area contributed by atoms with Gasteiger partial charge in [0.2, 0.25) is 5.91 Å². The number of methoxy groups -OCH3 is 1. The van der Waals surface area contributed by atoms with Gasteiger partial charge >= 0.3 is 5.97 Å². The van der Waals surface area contributed by atoms with Gasteiger partial charge < -0.3 is 20.1 Å². The number of aliphatic carboxylic acids is 1. The number of rotatable bonds is 8. The number of carboxylic acids is 1. The minimum absolute atomic E-state index is 0.0263. The fraction of sp³-hybridized carbons (Fsp3) is 0.583. The van der Waals surface area contributed by atoms with E-state index in [1.54, 1.807) is 7.11 Å². The third-order valence-electron chi connectivity index (χ3n) is 2.79. The Morgan fingerprint density at radius 2 is 2.32 bits per heavy atom. The molecule has 0 saturated carbocycles. The molecule has 0 bridgehead atoms. The average Bonchev–Trinajstić information content (AvgIpc) is 2.87. The van der Waals surface area contributed by atoms with Gasteiger partial charge in [-0.2, -0.15) is 0 Å².